The zero-order valence-corrected chi connectivity index (χ0v) is 11.3. The van der Waals surface area contributed by atoms with Crippen LogP contribution < -0.4 is 10.1 Å². The number of hydrogen-bond donors (Lipinski definition) is 2. The number of rotatable bonds is 7. The zero-order chi connectivity index (χ0) is 13.4. The van der Waals surface area contributed by atoms with Crippen molar-refractivity contribution in [2.45, 2.75) is 12.8 Å². The minimum Gasteiger partial charge on any atom is -0.482 e. The van der Waals surface area contributed by atoms with Crippen LogP contribution in [0, 0.1) is 0 Å². The van der Waals surface area contributed by atoms with Gasteiger partial charge in [-0.2, -0.15) is 0 Å². The SMILES string of the molecule is O=C(COc1ccc(Cl)cc1Cl)NCCCCO. The summed E-state index contributed by atoms with van der Waals surface area (Å²) in [5.41, 5.74) is 0. The molecule has 0 bridgehead atoms. The molecule has 0 aromatic heterocycles. The molecule has 100 valence electrons. The van der Waals surface area contributed by atoms with Gasteiger partial charge in [-0.3, -0.25) is 4.79 Å². The number of hydrogen-bond acceptors (Lipinski definition) is 3. The summed E-state index contributed by atoms with van der Waals surface area (Å²) in [4.78, 5) is 11.4. The lowest BCUT2D eigenvalue weighted by molar-refractivity contribution is -0.123. The summed E-state index contributed by atoms with van der Waals surface area (Å²) in [6, 6.07) is 4.81. The third-order valence-electron chi connectivity index (χ3n) is 2.16. The Morgan fingerprint density at radius 1 is 1.33 bits per heavy atom. The molecule has 0 radical (unpaired) electrons. The summed E-state index contributed by atoms with van der Waals surface area (Å²) in [6.07, 6.45) is 1.41. The van der Waals surface area contributed by atoms with Crippen LogP contribution in [0.2, 0.25) is 10.0 Å². The maximum Gasteiger partial charge on any atom is 0.257 e. The Kier molecular flexibility index (Phi) is 6.86. The van der Waals surface area contributed by atoms with Gasteiger partial charge in [-0.05, 0) is 31.0 Å². The van der Waals surface area contributed by atoms with Gasteiger partial charge in [0, 0.05) is 18.2 Å². The van der Waals surface area contributed by atoms with E-state index in [4.69, 9.17) is 33.0 Å². The van der Waals surface area contributed by atoms with Crippen molar-refractivity contribution in [3.8, 4) is 5.75 Å². The lowest BCUT2D eigenvalue weighted by Crippen LogP contribution is -2.29. The van der Waals surface area contributed by atoms with E-state index in [0.717, 1.165) is 6.42 Å². The number of carbonyl (C=O) groups is 1. The number of unbranched alkanes of at least 4 members (excludes halogenated alkanes) is 1. The molecule has 18 heavy (non-hydrogen) atoms. The second-order valence-corrected chi connectivity index (χ2v) is 4.49. The minimum atomic E-state index is -0.223. The average molecular weight is 292 g/mol. The van der Waals surface area contributed by atoms with Crippen LogP contribution in [0.5, 0.6) is 5.75 Å². The van der Waals surface area contributed by atoms with Crippen molar-refractivity contribution in [2.24, 2.45) is 0 Å². The smallest absolute Gasteiger partial charge is 0.257 e. The first kappa shape index (κ1) is 15.1. The highest BCUT2D eigenvalue weighted by molar-refractivity contribution is 6.35. The summed E-state index contributed by atoms with van der Waals surface area (Å²) < 4.78 is 5.26. The van der Waals surface area contributed by atoms with E-state index in [1.54, 1.807) is 18.2 Å². The van der Waals surface area contributed by atoms with Gasteiger partial charge < -0.3 is 15.2 Å². The van der Waals surface area contributed by atoms with Crippen molar-refractivity contribution in [3.63, 3.8) is 0 Å². The van der Waals surface area contributed by atoms with Crippen molar-refractivity contribution in [1.29, 1.82) is 0 Å². The van der Waals surface area contributed by atoms with E-state index in [1.807, 2.05) is 0 Å². The summed E-state index contributed by atoms with van der Waals surface area (Å²) in [6.45, 7) is 0.560. The Labute approximate surface area is 116 Å². The van der Waals surface area contributed by atoms with Crippen LogP contribution >= 0.6 is 23.2 Å². The van der Waals surface area contributed by atoms with E-state index in [1.165, 1.54) is 0 Å². The summed E-state index contributed by atoms with van der Waals surface area (Å²) in [5, 5.41) is 12.1. The molecular formula is C12H15Cl2NO3. The second-order valence-electron chi connectivity index (χ2n) is 3.64. The number of nitrogens with one attached hydrogen (secondary N) is 1. The van der Waals surface area contributed by atoms with E-state index < -0.39 is 0 Å². The van der Waals surface area contributed by atoms with Gasteiger partial charge in [0.15, 0.2) is 6.61 Å². The minimum absolute atomic E-state index is 0.0967. The van der Waals surface area contributed by atoms with Gasteiger partial charge in [0.25, 0.3) is 5.91 Å². The number of aliphatic hydroxyl groups is 1. The first-order valence-electron chi connectivity index (χ1n) is 5.59. The summed E-state index contributed by atoms with van der Waals surface area (Å²) >= 11 is 11.6. The molecule has 1 aromatic carbocycles. The first-order valence-corrected chi connectivity index (χ1v) is 6.34. The predicted octanol–water partition coefficient (Wildman–Crippen LogP) is 2.26. The molecule has 2 N–H and O–H groups in total. The number of aliphatic hydroxyl groups excluding tert-OH is 1. The lowest BCUT2D eigenvalue weighted by Gasteiger charge is -2.08. The monoisotopic (exact) mass is 291 g/mol. The number of ether oxygens (including phenoxy) is 1. The van der Waals surface area contributed by atoms with Crippen LogP contribution in [0.3, 0.4) is 0 Å². The van der Waals surface area contributed by atoms with Crippen LogP contribution in [-0.2, 0) is 4.79 Å². The molecule has 1 aromatic rings. The Bertz CT molecular complexity index is 399. The Morgan fingerprint density at radius 3 is 2.78 bits per heavy atom. The molecule has 4 nitrogen and oxygen atoms in total. The Hall–Kier alpha value is -0.970. The van der Waals surface area contributed by atoms with E-state index >= 15 is 0 Å². The fourth-order valence-corrected chi connectivity index (χ4v) is 1.71. The molecule has 1 rings (SSSR count). The quantitative estimate of drug-likeness (QED) is 0.758. The molecule has 0 spiro atoms. The molecule has 0 aliphatic carbocycles. The molecule has 0 unspecified atom stereocenters. The standard InChI is InChI=1S/C12H15Cl2NO3/c13-9-3-4-11(10(14)7-9)18-8-12(17)15-5-1-2-6-16/h3-4,7,16H,1-2,5-6,8H2,(H,15,17). The maximum absolute atomic E-state index is 11.4. The second kappa shape index (κ2) is 8.19. The van der Waals surface area contributed by atoms with Gasteiger partial charge in [-0.1, -0.05) is 23.2 Å². The van der Waals surface area contributed by atoms with E-state index in [2.05, 4.69) is 5.32 Å². The van der Waals surface area contributed by atoms with Crippen LogP contribution in [0.25, 0.3) is 0 Å². The first-order chi connectivity index (χ1) is 8.63. The van der Waals surface area contributed by atoms with Gasteiger partial charge in [-0.15, -0.1) is 0 Å². The fraction of sp³-hybridized carbons (Fsp3) is 0.417. The van der Waals surface area contributed by atoms with E-state index in [-0.39, 0.29) is 19.1 Å². The fourth-order valence-electron chi connectivity index (χ4n) is 1.25. The van der Waals surface area contributed by atoms with Crippen molar-refractivity contribution >= 4 is 29.1 Å². The van der Waals surface area contributed by atoms with E-state index in [0.29, 0.717) is 28.8 Å². The van der Waals surface area contributed by atoms with Crippen molar-refractivity contribution < 1.29 is 14.6 Å². The van der Waals surface area contributed by atoms with Crippen LogP contribution in [0.15, 0.2) is 18.2 Å². The molecule has 6 heteroatoms. The van der Waals surface area contributed by atoms with E-state index in [9.17, 15) is 4.79 Å². The molecule has 0 saturated carbocycles. The third-order valence-corrected chi connectivity index (χ3v) is 2.69. The van der Waals surface area contributed by atoms with Gasteiger partial charge in [-0.25, -0.2) is 0 Å². The molecule has 0 aliphatic rings. The van der Waals surface area contributed by atoms with Gasteiger partial charge in [0.05, 0.1) is 5.02 Å². The Balaban J connectivity index is 2.29. The topological polar surface area (TPSA) is 58.6 Å². The van der Waals surface area contributed by atoms with Crippen LogP contribution in [-0.4, -0.2) is 30.8 Å². The lowest BCUT2D eigenvalue weighted by atomic mass is 10.3. The van der Waals surface area contributed by atoms with Crippen LogP contribution in [0.4, 0.5) is 0 Å². The van der Waals surface area contributed by atoms with Gasteiger partial charge >= 0.3 is 0 Å². The Morgan fingerprint density at radius 2 is 2.11 bits per heavy atom. The van der Waals surface area contributed by atoms with Crippen LogP contribution in [0.1, 0.15) is 12.8 Å². The normalized spacial score (nSPS) is 10.2. The number of carbonyl (C=O) groups excluding carboxylic acids is 1. The molecule has 0 atom stereocenters. The molecule has 0 saturated heterocycles. The molecule has 0 fully saturated rings. The molecule has 0 aliphatic heterocycles. The molecule has 0 heterocycles. The van der Waals surface area contributed by atoms with Crippen molar-refractivity contribution in [1.82, 2.24) is 5.32 Å². The third kappa shape index (κ3) is 5.58. The highest BCUT2D eigenvalue weighted by Crippen LogP contribution is 2.27. The van der Waals surface area contributed by atoms with Crippen molar-refractivity contribution in [2.75, 3.05) is 19.8 Å². The number of halogens is 2. The number of amides is 1. The zero-order valence-electron chi connectivity index (χ0n) is 9.79. The van der Waals surface area contributed by atoms with Crippen molar-refractivity contribution in [3.05, 3.63) is 28.2 Å². The maximum atomic E-state index is 11.4. The molecule has 1 amide bonds. The average Bonchev–Trinajstić information content (AvgIpc) is 2.33. The van der Waals surface area contributed by atoms with Gasteiger partial charge in [0.1, 0.15) is 5.75 Å². The summed E-state index contributed by atoms with van der Waals surface area (Å²) in [7, 11) is 0. The number of benzene rings is 1. The highest BCUT2D eigenvalue weighted by atomic mass is 35.5. The van der Waals surface area contributed by atoms with Gasteiger partial charge in [0.2, 0.25) is 0 Å². The summed E-state index contributed by atoms with van der Waals surface area (Å²) in [5.74, 6) is 0.200. The predicted molar refractivity (Wildman–Crippen MR) is 71.3 cm³/mol. The highest BCUT2D eigenvalue weighted by Gasteiger charge is 2.05. The largest absolute Gasteiger partial charge is 0.482 e. The molecular weight excluding hydrogens is 277 g/mol.